The first kappa shape index (κ1) is 22.8. The molecule has 0 aromatic heterocycles. The number of benzene rings is 3. The lowest BCUT2D eigenvalue weighted by Crippen LogP contribution is -2.14. The number of carbonyl (C=O) groups is 1. The topological polar surface area (TPSA) is 84.5 Å². The van der Waals surface area contributed by atoms with Crippen LogP contribution in [0.5, 0.6) is 5.75 Å². The molecule has 31 heavy (non-hydrogen) atoms. The van der Waals surface area contributed by atoms with Crippen molar-refractivity contribution in [3.63, 3.8) is 0 Å². The fourth-order valence-corrected chi connectivity index (χ4v) is 4.21. The summed E-state index contributed by atoms with van der Waals surface area (Å²) in [5.41, 5.74) is 1.41. The molecule has 8 heteroatoms. The molecule has 0 fully saturated rings. The molecule has 0 saturated heterocycles. The summed E-state index contributed by atoms with van der Waals surface area (Å²) in [5.74, 6) is 0.754. The van der Waals surface area contributed by atoms with E-state index in [1.165, 1.54) is 12.1 Å². The Morgan fingerprint density at radius 3 is 2.26 bits per heavy atom. The summed E-state index contributed by atoms with van der Waals surface area (Å²) >= 11 is 3.43. The summed E-state index contributed by atoms with van der Waals surface area (Å²) < 4.78 is 33.9. The van der Waals surface area contributed by atoms with Crippen LogP contribution in [-0.2, 0) is 10.0 Å². The number of carbonyl (C=O) groups excluding carboxylic acids is 1. The third kappa shape index (κ3) is 6.32. The van der Waals surface area contributed by atoms with Crippen molar-refractivity contribution < 1.29 is 17.9 Å². The predicted octanol–water partition coefficient (Wildman–Crippen LogP) is 5.54. The molecule has 0 spiro atoms. The Morgan fingerprint density at radius 2 is 1.65 bits per heavy atom. The first-order valence-corrected chi connectivity index (χ1v) is 11.9. The molecule has 3 rings (SSSR count). The Labute approximate surface area is 190 Å². The minimum Gasteiger partial charge on any atom is -0.492 e. The normalized spacial score (nSPS) is 11.2. The number of hydrogen-bond acceptors (Lipinski definition) is 4. The van der Waals surface area contributed by atoms with E-state index in [1.54, 1.807) is 60.7 Å². The van der Waals surface area contributed by atoms with Crippen molar-refractivity contribution >= 4 is 43.2 Å². The van der Waals surface area contributed by atoms with Gasteiger partial charge in [0, 0.05) is 16.9 Å². The van der Waals surface area contributed by atoms with Gasteiger partial charge in [-0.05, 0) is 76.4 Å². The second-order valence-electron chi connectivity index (χ2n) is 7.30. The van der Waals surface area contributed by atoms with Crippen LogP contribution in [0.2, 0.25) is 0 Å². The fourth-order valence-electron chi connectivity index (χ4n) is 2.66. The summed E-state index contributed by atoms with van der Waals surface area (Å²) in [6, 6.07) is 19.7. The van der Waals surface area contributed by atoms with Crippen molar-refractivity contribution in [2.24, 2.45) is 5.92 Å². The standard InChI is InChI=1S/C23H23BrN2O4S/c1-16(2)15-30-22-13-8-17(14-21(22)24)23(27)25-18-9-11-20(12-10-18)31(28,29)26-19-6-4-3-5-7-19/h3-14,16,26H,15H2,1-2H3,(H,25,27). The minimum atomic E-state index is -3.72. The Kier molecular flexibility index (Phi) is 7.35. The van der Waals surface area contributed by atoms with Gasteiger partial charge < -0.3 is 10.1 Å². The molecule has 2 N–H and O–H groups in total. The van der Waals surface area contributed by atoms with E-state index in [-0.39, 0.29) is 10.8 Å². The van der Waals surface area contributed by atoms with Crippen LogP contribution in [0, 0.1) is 5.92 Å². The number of hydrogen-bond donors (Lipinski definition) is 2. The van der Waals surface area contributed by atoms with Gasteiger partial charge in [0.25, 0.3) is 15.9 Å². The maximum absolute atomic E-state index is 12.6. The largest absolute Gasteiger partial charge is 0.492 e. The smallest absolute Gasteiger partial charge is 0.261 e. The van der Waals surface area contributed by atoms with E-state index in [1.807, 2.05) is 0 Å². The zero-order chi connectivity index (χ0) is 22.4. The highest BCUT2D eigenvalue weighted by atomic mass is 79.9. The number of rotatable bonds is 8. The van der Waals surface area contributed by atoms with Gasteiger partial charge in [-0.15, -0.1) is 0 Å². The SMILES string of the molecule is CC(C)COc1ccc(C(=O)Nc2ccc(S(=O)(=O)Nc3ccccc3)cc2)cc1Br. The molecular weight excluding hydrogens is 480 g/mol. The number of para-hydroxylation sites is 1. The van der Waals surface area contributed by atoms with Gasteiger partial charge in [0.2, 0.25) is 0 Å². The van der Waals surface area contributed by atoms with E-state index in [0.29, 0.717) is 39.7 Å². The van der Waals surface area contributed by atoms with Crippen molar-refractivity contribution in [1.82, 2.24) is 0 Å². The van der Waals surface area contributed by atoms with E-state index in [4.69, 9.17) is 4.74 Å². The molecule has 0 aliphatic heterocycles. The van der Waals surface area contributed by atoms with Crippen molar-refractivity contribution in [2.75, 3.05) is 16.6 Å². The Bertz CT molecular complexity index is 1150. The average molecular weight is 503 g/mol. The van der Waals surface area contributed by atoms with Gasteiger partial charge in [0.15, 0.2) is 0 Å². The summed E-state index contributed by atoms with van der Waals surface area (Å²) in [6.45, 7) is 4.70. The molecule has 0 unspecified atom stereocenters. The lowest BCUT2D eigenvalue weighted by atomic mass is 10.2. The maximum atomic E-state index is 12.6. The number of ether oxygens (including phenoxy) is 1. The quantitative estimate of drug-likeness (QED) is 0.423. The van der Waals surface area contributed by atoms with Crippen LogP contribution in [0.3, 0.4) is 0 Å². The highest BCUT2D eigenvalue weighted by Gasteiger charge is 2.15. The zero-order valence-electron chi connectivity index (χ0n) is 17.1. The molecule has 0 atom stereocenters. The molecule has 3 aromatic carbocycles. The van der Waals surface area contributed by atoms with Gasteiger partial charge >= 0.3 is 0 Å². The Morgan fingerprint density at radius 1 is 0.968 bits per heavy atom. The van der Waals surface area contributed by atoms with Gasteiger partial charge in [-0.25, -0.2) is 8.42 Å². The average Bonchev–Trinajstić information content (AvgIpc) is 2.73. The zero-order valence-corrected chi connectivity index (χ0v) is 19.5. The predicted molar refractivity (Wildman–Crippen MR) is 126 cm³/mol. The lowest BCUT2D eigenvalue weighted by Gasteiger charge is -2.12. The summed E-state index contributed by atoms with van der Waals surface area (Å²) in [7, 11) is -3.72. The second kappa shape index (κ2) is 9.98. The van der Waals surface area contributed by atoms with Gasteiger partial charge in [-0.2, -0.15) is 0 Å². The molecule has 0 bridgehead atoms. The highest BCUT2D eigenvalue weighted by molar-refractivity contribution is 9.10. The Balaban J connectivity index is 1.67. The molecule has 0 aliphatic rings. The van der Waals surface area contributed by atoms with Crippen molar-refractivity contribution in [3.05, 3.63) is 82.8 Å². The molecule has 6 nitrogen and oxygen atoms in total. The van der Waals surface area contributed by atoms with Crippen LogP contribution < -0.4 is 14.8 Å². The van der Waals surface area contributed by atoms with E-state index in [9.17, 15) is 13.2 Å². The summed E-state index contributed by atoms with van der Waals surface area (Å²) in [6.07, 6.45) is 0. The number of sulfonamides is 1. The fraction of sp³-hybridized carbons (Fsp3) is 0.174. The van der Waals surface area contributed by atoms with Crippen molar-refractivity contribution in [2.45, 2.75) is 18.7 Å². The first-order valence-electron chi connectivity index (χ1n) is 9.66. The molecule has 0 heterocycles. The van der Waals surface area contributed by atoms with Gasteiger partial charge in [0.1, 0.15) is 5.75 Å². The summed E-state index contributed by atoms with van der Waals surface area (Å²) in [4.78, 5) is 12.7. The molecule has 0 saturated carbocycles. The molecular formula is C23H23BrN2O4S. The van der Waals surface area contributed by atoms with Gasteiger partial charge in [-0.3, -0.25) is 9.52 Å². The molecule has 162 valence electrons. The van der Waals surface area contributed by atoms with Crippen LogP contribution in [0.15, 0.2) is 82.2 Å². The number of amides is 1. The van der Waals surface area contributed by atoms with Crippen LogP contribution in [0.25, 0.3) is 0 Å². The van der Waals surface area contributed by atoms with E-state index < -0.39 is 10.0 Å². The van der Waals surface area contributed by atoms with Crippen LogP contribution in [0.1, 0.15) is 24.2 Å². The van der Waals surface area contributed by atoms with Crippen molar-refractivity contribution in [1.29, 1.82) is 0 Å². The lowest BCUT2D eigenvalue weighted by molar-refractivity contribution is 0.102. The van der Waals surface area contributed by atoms with Gasteiger partial charge in [0.05, 0.1) is 16.0 Å². The third-order valence-corrected chi connectivity index (χ3v) is 6.23. The van der Waals surface area contributed by atoms with Crippen LogP contribution in [0.4, 0.5) is 11.4 Å². The number of nitrogens with one attached hydrogen (secondary N) is 2. The first-order chi connectivity index (χ1) is 14.7. The maximum Gasteiger partial charge on any atom is 0.261 e. The number of anilines is 2. The number of halogens is 1. The molecule has 1 amide bonds. The highest BCUT2D eigenvalue weighted by Crippen LogP contribution is 2.27. The van der Waals surface area contributed by atoms with Crippen molar-refractivity contribution in [3.8, 4) is 5.75 Å². The van der Waals surface area contributed by atoms with E-state index in [2.05, 4.69) is 39.8 Å². The summed E-state index contributed by atoms with van der Waals surface area (Å²) in [5, 5.41) is 2.77. The van der Waals surface area contributed by atoms with E-state index >= 15 is 0 Å². The van der Waals surface area contributed by atoms with E-state index in [0.717, 1.165) is 0 Å². The molecule has 3 aromatic rings. The monoisotopic (exact) mass is 502 g/mol. The van der Waals surface area contributed by atoms with Crippen LogP contribution in [-0.4, -0.2) is 20.9 Å². The minimum absolute atomic E-state index is 0.101. The molecule has 0 radical (unpaired) electrons. The second-order valence-corrected chi connectivity index (χ2v) is 9.84. The Hall–Kier alpha value is -2.84. The van der Waals surface area contributed by atoms with Crippen LogP contribution >= 0.6 is 15.9 Å². The molecule has 0 aliphatic carbocycles. The van der Waals surface area contributed by atoms with Gasteiger partial charge in [-0.1, -0.05) is 32.0 Å². The third-order valence-electron chi connectivity index (χ3n) is 4.21.